The number of phenolic OH excluding ortho intramolecular Hbond substituents is 2. The monoisotopic (exact) mass is 275 g/mol. The summed E-state index contributed by atoms with van der Waals surface area (Å²) in [5.74, 6) is -0.142. The van der Waals surface area contributed by atoms with Gasteiger partial charge in [0.1, 0.15) is 0 Å². The number of fused-ring (bicyclic) bond motifs is 1. The van der Waals surface area contributed by atoms with E-state index in [1.165, 1.54) is 0 Å². The van der Waals surface area contributed by atoms with Crippen LogP contribution in [-0.4, -0.2) is 16.8 Å². The summed E-state index contributed by atoms with van der Waals surface area (Å²) in [4.78, 5) is 0. The van der Waals surface area contributed by atoms with Gasteiger partial charge in [0.15, 0.2) is 11.5 Å². The highest BCUT2D eigenvalue weighted by Gasteiger charge is 2.22. The molecule has 98 valence electrons. The standard InChI is InChI=1S/C15H14ClNO2/c16-11-3-1-9(2-4-11)15-12-8-14(19)13(18)7-10(12)5-6-17-15/h1-4,7-8,15,17-19H,5-6H2/t15-/m1/s1. The van der Waals surface area contributed by atoms with Gasteiger partial charge in [-0.3, -0.25) is 0 Å². The fraction of sp³-hybridized carbons (Fsp3) is 0.200. The normalized spacial score (nSPS) is 18.1. The number of aromatic hydroxyl groups is 2. The van der Waals surface area contributed by atoms with E-state index in [1.54, 1.807) is 12.1 Å². The number of halogens is 1. The summed E-state index contributed by atoms with van der Waals surface area (Å²) in [6.45, 7) is 0.838. The Morgan fingerprint density at radius 2 is 1.74 bits per heavy atom. The first-order chi connectivity index (χ1) is 9.15. The molecule has 3 rings (SSSR count). The van der Waals surface area contributed by atoms with Crippen LogP contribution in [-0.2, 0) is 6.42 Å². The Balaban J connectivity index is 2.07. The lowest BCUT2D eigenvalue weighted by Crippen LogP contribution is -2.30. The maximum absolute atomic E-state index is 9.69. The molecule has 0 unspecified atom stereocenters. The van der Waals surface area contributed by atoms with Crippen LogP contribution in [0.4, 0.5) is 0 Å². The Morgan fingerprint density at radius 3 is 2.47 bits per heavy atom. The molecule has 0 saturated carbocycles. The average Bonchev–Trinajstić information content (AvgIpc) is 2.41. The van der Waals surface area contributed by atoms with Crippen LogP contribution in [0, 0.1) is 0 Å². The second-order valence-electron chi connectivity index (χ2n) is 4.73. The summed E-state index contributed by atoms with van der Waals surface area (Å²) < 4.78 is 0. The molecule has 1 atom stereocenters. The lowest BCUT2D eigenvalue weighted by atomic mass is 9.89. The third-order valence-electron chi connectivity index (χ3n) is 3.49. The van der Waals surface area contributed by atoms with E-state index < -0.39 is 0 Å². The fourth-order valence-electron chi connectivity index (χ4n) is 2.54. The lowest BCUT2D eigenvalue weighted by molar-refractivity contribution is 0.400. The summed E-state index contributed by atoms with van der Waals surface area (Å²) in [7, 11) is 0. The highest BCUT2D eigenvalue weighted by atomic mass is 35.5. The van der Waals surface area contributed by atoms with Gasteiger partial charge in [0.25, 0.3) is 0 Å². The Labute approximate surface area is 116 Å². The molecular formula is C15H14ClNO2. The van der Waals surface area contributed by atoms with E-state index in [0.717, 1.165) is 29.7 Å². The van der Waals surface area contributed by atoms with E-state index in [-0.39, 0.29) is 17.5 Å². The molecule has 1 heterocycles. The molecule has 0 aliphatic carbocycles. The van der Waals surface area contributed by atoms with Crippen molar-refractivity contribution in [3.05, 3.63) is 58.1 Å². The number of hydrogen-bond acceptors (Lipinski definition) is 3. The van der Waals surface area contributed by atoms with Gasteiger partial charge in [-0.25, -0.2) is 0 Å². The van der Waals surface area contributed by atoms with Crippen LogP contribution < -0.4 is 5.32 Å². The van der Waals surface area contributed by atoms with Gasteiger partial charge < -0.3 is 15.5 Å². The zero-order valence-corrected chi connectivity index (χ0v) is 11.0. The molecule has 4 heteroatoms. The van der Waals surface area contributed by atoms with Crippen LogP contribution in [0.5, 0.6) is 11.5 Å². The minimum atomic E-state index is -0.0820. The molecule has 2 aromatic carbocycles. The largest absolute Gasteiger partial charge is 0.504 e. The molecule has 0 radical (unpaired) electrons. The molecule has 1 aliphatic heterocycles. The van der Waals surface area contributed by atoms with E-state index in [0.29, 0.717) is 5.02 Å². The average molecular weight is 276 g/mol. The van der Waals surface area contributed by atoms with Gasteiger partial charge in [0, 0.05) is 11.6 Å². The summed E-state index contributed by atoms with van der Waals surface area (Å²) in [5.41, 5.74) is 3.16. The molecule has 3 nitrogen and oxygen atoms in total. The zero-order chi connectivity index (χ0) is 13.4. The van der Waals surface area contributed by atoms with Gasteiger partial charge in [-0.2, -0.15) is 0 Å². The van der Waals surface area contributed by atoms with Crippen molar-refractivity contribution in [2.45, 2.75) is 12.5 Å². The molecule has 0 fully saturated rings. The quantitative estimate of drug-likeness (QED) is 0.702. The second-order valence-corrected chi connectivity index (χ2v) is 5.16. The lowest BCUT2D eigenvalue weighted by Gasteiger charge is -2.27. The van der Waals surface area contributed by atoms with Gasteiger partial charge >= 0.3 is 0 Å². The Hall–Kier alpha value is -1.71. The van der Waals surface area contributed by atoms with Crippen molar-refractivity contribution < 1.29 is 10.2 Å². The maximum Gasteiger partial charge on any atom is 0.157 e. The second kappa shape index (κ2) is 4.76. The Kier molecular flexibility index (Phi) is 3.09. The van der Waals surface area contributed by atoms with E-state index in [4.69, 9.17) is 11.6 Å². The molecule has 0 saturated heterocycles. The molecule has 0 aromatic heterocycles. The molecule has 0 spiro atoms. The van der Waals surface area contributed by atoms with Crippen molar-refractivity contribution in [3.8, 4) is 11.5 Å². The molecule has 3 N–H and O–H groups in total. The van der Waals surface area contributed by atoms with Crippen LogP contribution in [0.25, 0.3) is 0 Å². The topological polar surface area (TPSA) is 52.5 Å². The Morgan fingerprint density at radius 1 is 1.05 bits per heavy atom. The highest BCUT2D eigenvalue weighted by Crippen LogP contribution is 2.36. The predicted molar refractivity (Wildman–Crippen MR) is 74.8 cm³/mol. The first kappa shape index (κ1) is 12.3. The van der Waals surface area contributed by atoms with Crippen molar-refractivity contribution in [1.29, 1.82) is 0 Å². The minimum absolute atomic E-state index is 0.0208. The smallest absolute Gasteiger partial charge is 0.157 e. The SMILES string of the molecule is Oc1cc2c(cc1O)[C@@H](c1ccc(Cl)cc1)NCC2. The van der Waals surface area contributed by atoms with Crippen molar-refractivity contribution in [2.24, 2.45) is 0 Å². The van der Waals surface area contributed by atoms with Crippen LogP contribution >= 0.6 is 11.6 Å². The predicted octanol–water partition coefficient (Wildman–Crippen LogP) is 2.99. The van der Waals surface area contributed by atoms with Gasteiger partial charge in [0.05, 0.1) is 6.04 Å². The van der Waals surface area contributed by atoms with Crippen LogP contribution in [0.2, 0.25) is 5.02 Å². The Bertz CT molecular complexity index is 610. The molecule has 19 heavy (non-hydrogen) atoms. The van der Waals surface area contributed by atoms with E-state index >= 15 is 0 Å². The molecule has 2 aromatic rings. The van der Waals surface area contributed by atoms with E-state index in [9.17, 15) is 10.2 Å². The molecule has 1 aliphatic rings. The molecule has 0 bridgehead atoms. The first-order valence-corrected chi connectivity index (χ1v) is 6.56. The van der Waals surface area contributed by atoms with Gasteiger partial charge in [0.2, 0.25) is 0 Å². The number of phenols is 2. The number of nitrogens with one attached hydrogen (secondary N) is 1. The van der Waals surface area contributed by atoms with Gasteiger partial charge in [-0.05, 0) is 47.4 Å². The number of benzene rings is 2. The van der Waals surface area contributed by atoms with Crippen molar-refractivity contribution >= 4 is 11.6 Å². The van der Waals surface area contributed by atoms with E-state index in [1.807, 2.05) is 24.3 Å². The summed E-state index contributed by atoms with van der Waals surface area (Å²) in [5, 5.41) is 23.4. The summed E-state index contributed by atoms with van der Waals surface area (Å²) in [6.07, 6.45) is 0.841. The van der Waals surface area contributed by atoms with E-state index in [2.05, 4.69) is 5.32 Å². The molecule has 0 amide bonds. The van der Waals surface area contributed by atoms with Crippen LogP contribution in [0.3, 0.4) is 0 Å². The van der Waals surface area contributed by atoms with Crippen molar-refractivity contribution in [1.82, 2.24) is 5.32 Å². The third kappa shape index (κ3) is 2.27. The maximum atomic E-state index is 9.69. The third-order valence-corrected chi connectivity index (χ3v) is 3.75. The number of hydrogen-bond donors (Lipinski definition) is 3. The van der Waals surface area contributed by atoms with Crippen molar-refractivity contribution in [3.63, 3.8) is 0 Å². The summed E-state index contributed by atoms with van der Waals surface area (Å²) >= 11 is 5.90. The summed E-state index contributed by atoms with van der Waals surface area (Å²) in [6, 6.07) is 11.0. The van der Waals surface area contributed by atoms with Crippen molar-refractivity contribution in [2.75, 3.05) is 6.54 Å². The van der Waals surface area contributed by atoms with Crippen LogP contribution in [0.15, 0.2) is 36.4 Å². The highest BCUT2D eigenvalue weighted by molar-refractivity contribution is 6.30. The zero-order valence-electron chi connectivity index (χ0n) is 10.2. The molecular weight excluding hydrogens is 262 g/mol. The first-order valence-electron chi connectivity index (χ1n) is 6.19. The van der Waals surface area contributed by atoms with Gasteiger partial charge in [-0.15, -0.1) is 0 Å². The fourth-order valence-corrected chi connectivity index (χ4v) is 2.66. The van der Waals surface area contributed by atoms with Crippen LogP contribution in [0.1, 0.15) is 22.7 Å². The minimum Gasteiger partial charge on any atom is -0.504 e. The number of rotatable bonds is 1. The van der Waals surface area contributed by atoms with Gasteiger partial charge in [-0.1, -0.05) is 23.7 Å².